The largest absolute Gasteiger partial charge is 0.462 e. The second kappa shape index (κ2) is 38.8. The quantitative estimate of drug-likeness (QED) is 0.0420. The molecule has 0 aliphatic heterocycles. The van der Waals surface area contributed by atoms with Crippen molar-refractivity contribution in [2.45, 2.75) is 174 Å². The van der Waals surface area contributed by atoms with Crippen LogP contribution in [0.1, 0.15) is 168 Å². The van der Waals surface area contributed by atoms with Crippen LogP contribution >= 0.6 is 0 Å². The molecule has 0 saturated carbocycles. The number of hydrogen-bond donors (Lipinski definition) is 1. The van der Waals surface area contributed by atoms with E-state index in [4.69, 9.17) is 9.47 Å². The number of hydrogen-bond acceptors (Lipinski definition) is 5. The van der Waals surface area contributed by atoms with E-state index in [0.29, 0.717) is 19.3 Å². The number of ether oxygens (including phenoxy) is 2. The van der Waals surface area contributed by atoms with Crippen molar-refractivity contribution >= 4 is 11.9 Å². The highest BCUT2D eigenvalue weighted by atomic mass is 16.6. The molecule has 0 bridgehead atoms. The van der Waals surface area contributed by atoms with Crippen molar-refractivity contribution in [2.24, 2.45) is 0 Å². The summed E-state index contributed by atoms with van der Waals surface area (Å²) in [6.45, 7) is 4.02. The average Bonchev–Trinajstić information content (AvgIpc) is 3.09. The Hall–Kier alpha value is -2.66. The van der Waals surface area contributed by atoms with Gasteiger partial charge in [-0.15, -0.1) is 0 Å². The van der Waals surface area contributed by atoms with Crippen LogP contribution in [0.25, 0.3) is 0 Å². The Morgan fingerprint density at radius 3 is 1.35 bits per heavy atom. The van der Waals surface area contributed by atoms with Gasteiger partial charge in [0, 0.05) is 12.8 Å². The first-order valence-electron chi connectivity index (χ1n) is 19.5. The number of carbonyl (C=O) groups excluding carboxylic acids is 2. The number of allylic oxidation sites excluding steroid dienone is 12. The third-order valence-electron chi connectivity index (χ3n) is 7.97. The lowest BCUT2D eigenvalue weighted by Gasteiger charge is -2.15. The van der Waals surface area contributed by atoms with Crippen molar-refractivity contribution in [3.8, 4) is 0 Å². The van der Waals surface area contributed by atoms with Crippen LogP contribution in [0.15, 0.2) is 72.9 Å². The Kier molecular flexibility index (Phi) is 36.6. The predicted molar refractivity (Wildman–Crippen MR) is 205 cm³/mol. The van der Waals surface area contributed by atoms with Crippen LogP contribution in [-0.4, -0.2) is 36.4 Å². The van der Waals surface area contributed by atoms with Crippen LogP contribution in [0.5, 0.6) is 0 Å². The van der Waals surface area contributed by atoms with Gasteiger partial charge in [-0.3, -0.25) is 9.59 Å². The zero-order valence-corrected chi connectivity index (χ0v) is 31.0. The van der Waals surface area contributed by atoms with Gasteiger partial charge in [0.2, 0.25) is 0 Å². The Balaban J connectivity index is 3.72. The Morgan fingerprint density at radius 1 is 0.479 bits per heavy atom. The molecule has 0 aromatic carbocycles. The molecule has 0 aromatic heterocycles. The van der Waals surface area contributed by atoms with E-state index >= 15 is 0 Å². The maximum atomic E-state index is 12.2. The third-order valence-corrected chi connectivity index (χ3v) is 7.97. The summed E-state index contributed by atoms with van der Waals surface area (Å²) in [4.78, 5) is 24.2. The molecule has 48 heavy (non-hydrogen) atoms. The van der Waals surface area contributed by atoms with Crippen molar-refractivity contribution in [3.63, 3.8) is 0 Å². The van der Waals surface area contributed by atoms with Crippen LogP contribution in [-0.2, 0) is 19.1 Å². The van der Waals surface area contributed by atoms with Gasteiger partial charge in [-0.05, 0) is 83.5 Å². The molecule has 0 rings (SSSR count). The number of rotatable bonds is 34. The molecule has 1 unspecified atom stereocenters. The highest BCUT2D eigenvalue weighted by Gasteiger charge is 2.15. The maximum Gasteiger partial charge on any atom is 0.306 e. The van der Waals surface area contributed by atoms with Crippen molar-refractivity contribution in [1.29, 1.82) is 0 Å². The molecular formula is C43H72O5. The fourth-order valence-electron chi connectivity index (χ4n) is 4.99. The van der Waals surface area contributed by atoms with Gasteiger partial charge in [-0.2, -0.15) is 0 Å². The van der Waals surface area contributed by atoms with E-state index in [2.05, 4.69) is 86.8 Å². The predicted octanol–water partition coefficient (Wildman–Crippen LogP) is 12.2. The number of aliphatic hydroxyl groups is 1. The van der Waals surface area contributed by atoms with Gasteiger partial charge in [-0.25, -0.2) is 0 Å². The van der Waals surface area contributed by atoms with Gasteiger partial charge in [0.15, 0.2) is 6.10 Å². The molecule has 0 spiro atoms. The normalized spacial score (nSPS) is 13.0. The molecule has 1 N–H and O–H groups in total. The first-order valence-corrected chi connectivity index (χ1v) is 19.5. The van der Waals surface area contributed by atoms with Crippen LogP contribution in [0.4, 0.5) is 0 Å². The number of unbranched alkanes of at least 4 members (excludes halogenated alkanes) is 14. The second-order valence-electron chi connectivity index (χ2n) is 12.6. The molecule has 0 fully saturated rings. The molecule has 0 saturated heterocycles. The third kappa shape index (κ3) is 36.2. The molecule has 1 atom stereocenters. The molecule has 0 radical (unpaired) electrons. The van der Waals surface area contributed by atoms with Crippen molar-refractivity contribution in [1.82, 2.24) is 0 Å². The maximum absolute atomic E-state index is 12.2. The van der Waals surface area contributed by atoms with E-state index in [1.807, 2.05) is 0 Å². The van der Waals surface area contributed by atoms with E-state index in [1.54, 1.807) is 0 Å². The van der Waals surface area contributed by atoms with Crippen molar-refractivity contribution in [2.75, 3.05) is 13.2 Å². The van der Waals surface area contributed by atoms with E-state index in [9.17, 15) is 14.7 Å². The molecule has 5 nitrogen and oxygen atoms in total. The summed E-state index contributed by atoms with van der Waals surface area (Å²) < 4.78 is 10.5. The number of aliphatic hydroxyl groups excluding tert-OH is 1. The summed E-state index contributed by atoms with van der Waals surface area (Å²) in [5.74, 6) is -0.683. The van der Waals surface area contributed by atoms with Crippen LogP contribution in [0, 0.1) is 0 Å². The smallest absolute Gasteiger partial charge is 0.306 e. The lowest BCUT2D eigenvalue weighted by molar-refractivity contribution is -0.161. The SMILES string of the molecule is CCCCCC=CCC=CCC=CCCCCCCC(=O)OC(CO)COC(=O)CCCC=CCC=CCC=CCCCCCCCC. The van der Waals surface area contributed by atoms with Crippen molar-refractivity contribution < 1.29 is 24.2 Å². The Morgan fingerprint density at radius 2 is 0.854 bits per heavy atom. The molecular weight excluding hydrogens is 596 g/mol. The van der Waals surface area contributed by atoms with E-state index < -0.39 is 6.10 Å². The summed E-state index contributed by atoms with van der Waals surface area (Å²) >= 11 is 0. The lowest BCUT2D eigenvalue weighted by atomic mass is 10.1. The van der Waals surface area contributed by atoms with Gasteiger partial charge >= 0.3 is 11.9 Å². The minimum absolute atomic E-state index is 0.105. The van der Waals surface area contributed by atoms with Gasteiger partial charge in [0.25, 0.3) is 0 Å². The number of carbonyl (C=O) groups is 2. The first kappa shape index (κ1) is 45.3. The van der Waals surface area contributed by atoms with Gasteiger partial charge in [-0.1, -0.05) is 145 Å². The van der Waals surface area contributed by atoms with Crippen LogP contribution < -0.4 is 0 Å². The lowest BCUT2D eigenvalue weighted by Crippen LogP contribution is -2.28. The van der Waals surface area contributed by atoms with Gasteiger partial charge in [0.1, 0.15) is 6.61 Å². The molecule has 0 aliphatic rings. The molecule has 5 heteroatoms. The molecule has 274 valence electrons. The van der Waals surface area contributed by atoms with E-state index in [1.165, 1.54) is 70.6 Å². The highest BCUT2D eigenvalue weighted by Crippen LogP contribution is 2.10. The molecule has 0 aliphatic carbocycles. The number of esters is 2. The minimum Gasteiger partial charge on any atom is -0.462 e. The van der Waals surface area contributed by atoms with Crippen molar-refractivity contribution in [3.05, 3.63) is 72.9 Å². The summed E-state index contributed by atoms with van der Waals surface area (Å²) in [5.41, 5.74) is 0. The Bertz CT molecular complexity index is 895. The summed E-state index contributed by atoms with van der Waals surface area (Å²) in [6, 6.07) is 0. The van der Waals surface area contributed by atoms with Gasteiger partial charge < -0.3 is 14.6 Å². The fraction of sp³-hybridized carbons (Fsp3) is 0.674. The zero-order chi connectivity index (χ0) is 35.0. The molecule has 0 aromatic rings. The fourth-order valence-corrected chi connectivity index (χ4v) is 4.99. The summed E-state index contributed by atoms with van der Waals surface area (Å²) in [6.07, 6.45) is 51.0. The zero-order valence-electron chi connectivity index (χ0n) is 31.0. The topological polar surface area (TPSA) is 72.8 Å². The van der Waals surface area contributed by atoms with Gasteiger partial charge in [0.05, 0.1) is 6.61 Å². The molecule has 0 heterocycles. The minimum atomic E-state index is -0.806. The first-order chi connectivity index (χ1) is 23.6. The summed E-state index contributed by atoms with van der Waals surface area (Å²) in [7, 11) is 0. The average molecular weight is 669 g/mol. The monoisotopic (exact) mass is 669 g/mol. The molecule has 0 amide bonds. The van der Waals surface area contributed by atoms with Crippen LogP contribution in [0.2, 0.25) is 0 Å². The standard InChI is InChI=1S/C43H72O5/c1-3-5-7-9-11-13-15-17-19-21-23-25-27-29-31-33-35-37-42(45)47-40-41(39-44)48-43(46)38-36-34-32-30-28-26-24-22-20-18-16-14-12-10-8-6-4-2/h12,14,17-20,23-26,29,31,41,44H,3-11,13,15-16,21-22,27-28,30,32-40H2,1-2H3. The highest BCUT2D eigenvalue weighted by molar-refractivity contribution is 5.70. The Labute approximate surface area is 295 Å². The van der Waals surface area contributed by atoms with Crippen LogP contribution in [0.3, 0.4) is 0 Å². The second-order valence-corrected chi connectivity index (χ2v) is 12.6. The van der Waals surface area contributed by atoms with E-state index in [-0.39, 0.29) is 25.2 Å². The summed E-state index contributed by atoms with van der Waals surface area (Å²) in [5, 5.41) is 9.54. The van der Waals surface area contributed by atoms with E-state index in [0.717, 1.165) is 64.2 Å².